The summed E-state index contributed by atoms with van der Waals surface area (Å²) in [6.45, 7) is 1.29. The lowest BCUT2D eigenvalue weighted by molar-refractivity contribution is -0.139. The number of amides is 1. The molecule has 2 heterocycles. The van der Waals surface area contributed by atoms with Crippen molar-refractivity contribution in [2.45, 2.75) is 81.5 Å². The van der Waals surface area contributed by atoms with Crippen molar-refractivity contribution in [2.24, 2.45) is 16.1 Å². The van der Waals surface area contributed by atoms with Gasteiger partial charge in [0.2, 0.25) is 0 Å². The van der Waals surface area contributed by atoms with Crippen molar-refractivity contribution in [1.82, 2.24) is 4.90 Å². The summed E-state index contributed by atoms with van der Waals surface area (Å²) in [5.41, 5.74) is 9.16. The number of hydrogen-bond donors (Lipinski definition) is 1. The average Bonchev–Trinajstić information content (AvgIpc) is 3.37. The number of benzene rings is 1. The molecule has 6 heteroatoms. The molecule has 166 valence electrons. The SMILES string of the molecule is COC1CCC2(CC1)Cc1ccc(C3CC3)cc1[C@@]21N=C(N)N(C[C@H]2CCCO2)C1=O. The highest BCUT2D eigenvalue weighted by atomic mass is 16.5. The number of carbonyl (C=O) groups is 1. The fourth-order valence-electron chi connectivity index (χ4n) is 6.72. The van der Waals surface area contributed by atoms with Crippen molar-refractivity contribution >= 4 is 11.9 Å². The van der Waals surface area contributed by atoms with Gasteiger partial charge in [-0.1, -0.05) is 18.2 Å². The molecule has 0 radical (unpaired) electrons. The number of fused-ring (bicyclic) bond motifs is 3. The van der Waals surface area contributed by atoms with Gasteiger partial charge in [0.1, 0.15) is 0 Å². The molecular weight excluding hydrogens is 390 g/mol. The molecule has 1 aromatic carbocycles. The van der Waals surface area contributed by atoms with Gasteiger partial charge in [-0.2, -0.15) is 0 Å². The van der Waals surface area contributed by atoms with Gasteiger partial charge in [-0.3, -0.25) is 9.69 Å². The molecule has 1 aromatic rings. The Hall–Kier alpha value is -1.92. The molecule has 2 aliphatic heterocycles. The Bertz CT molecular complexity index is 926. The number of carbonyl (C=O) groups excluding carboxylic acids is 1. The Morgan fingerprint density at radius 1 is 1.23 bits per heavy atom. The fourth-order valence-corrected chi connectivity index (χ4v) is 6.72. The Labute approximate surface area is 184 Å². The average molecular weight is 424 g/mol. The van der Waals surface area contributed by atoms with Crippen molar-refractivity contribution in [3.63, 3.8) is 0 Å². The van der Waals surface area contributed by atoms with Gasteiger partial charge in [-0.15, -0.1) is 0 Å². The van der Waals surface area contributed by atoms with Crippen LogP contribution in [0.3, 0.4) is 0 Å². The predicted molar refractivity (Wildman–Crippen MR) is 118 cm³/mol. The van der Waals surface area contributed by atoms with Crippen LogP contribution in [0.2, 0.25) is 0 Å². The summed E-state index contributed by atoms with van der Waals surface area (Å²) in [5.74, 6) is 1.09. The van der Waals surface area contributed by atoms with Crippen LogP contribution in [0.15, 0.2) is 23.2 Å². The molecule has 3 fully saturated rings. The van der Waals surface area contributed by atoms with E-state index in [1.165, 1.54) is 24.0 Å². The zero-order chi connectivity index (χ0) is 21.2. The highest BCUT2D eigenvalue weighted by Crippen LogP contribution is 2.62. The van der Waals surface area contributed by atoms with E-state index in [-0.39, 0.29) is 23.5 Å². The van der Waals surface area contributed by atoms with Crippen LogP contribution in [0.5, 0.6) is 0 Å². The van der Waals surface area contributed by atoms with Crippen LogP contribution < -0.4 is 5.73 Å². The first-order valence-electron chi connectivity index (χ1n) is 12.0. The highest BCUT2D eigenvalue weighted by molar-refractivity contribution is 6.08. The fraction of sp³-hybridized carbons (Fsp3) is 0.680. The number of nitrogens with zero attached hydrogens (tertiary/aromatic N) is 2. The second-order valence-corrected chi connectivity index (χ2v) is 10.3. The lowest BCUT2D eigenvalue weighted by Crippen LogP contribution is -2.53. The quantitative estimate of drug-likeness (QED) is 0.807. The van der Waals surface area contributed by atoms with Crippen molar-refractivity contribution in [2.75, 3.05) is 20.3 Å². The van der Waals surface area contributed by atoms with Gasteiger partial charge in [0.05, 0.1) is 18.8 Å². The minimum Gasteiger partial charge on any atom is -0.381 e. The van der Waals surface area contributed by atoms with Gasteiger partial charge in [-0.25, -0.2) is 4.99 Å². The highest BCUT2D eigenvalue weighted by Gasteiger charge is 2.66. The molecule has 6 nitrogen and oxygen atoms in total. The van der Waals surface area contributed by atoms with Crippen LogP contribution in [0, 0.1) is 5.41 Å². The second-order valence-electron chi connectivity index (χ2n) is 10.3. The second kappa shape index (κ2) is 7.04. The topological polar surface area (TPSA) is 77.2 Å². The van der Waals surface area contributed by atoms with Crippen LogP contribution in [0.25, 0.3) is 0 Å². The summed E-state index contributed by atoms with van der Waals surface area (Å²) in [6.07, 6.45) is 9.57. The van der Waals surface area contributed by atoms with Crippen LogP contribution in [0.1, 0.15) is 74.0 Å². The Kier molecular flexibility index (Phi) is 4.48. The first kappa shape index (κ1) is 19.7. The third kappa shape index (κ3) is 2.83. The Morgan fingerprint density at radius 3 is 2.71 bits per heavy atom. The summed E-state index contributed by atoms with van der Waals surface area (Å²) < 4.78 is 11.5. The molecule has 3 aliphatic carbocycles. The molecular formula is C25H33N3O3. The van der Waals surface area contributed by atoms with Crippen LogP contribution in [0.4, 0.5) is 0 Å². The van der Waals surface area contributed by atoms with Crippen molar-refractivity contribution in [3.8, 4) is 0 Å². The van der Waals surface area contributed by atoms with E-state index in [1.807, 2.05) is 0 Å². The molecule has 2 N–H and O–H groups in total. The molecule has 2 atom stereocenters. The lowest BCUT2D eigenvalue weighted by atomic mass is 9.61. The predicted octanol–water partition coefficient (Wildman–Crippen LogP) is 3.23. The smallest absolute Gasteiger partial charge is 0.262 e. The zero-order valence-corrected chi connectivity index (χ0v) is 18.4. The third-order valence-corrected chi connectivity index (χ3v) is 8.62. The van der Waals surface area contributed by atoms with Crippen molar-refractivity contribution < 1.29 is 14.3 Å². The molecule has 0 aromatic heterocycles. The van der Waals surface area contributed by atoms with Gasteiger partial charge in [-0.05, 0) is 80.4 Å². The number of methoxy groups -OCH3 is 1. The van der Waals surface area contributed by atoms with E-state index in [1.54, 1.807) is 12.0 Å². The number of hydrogen-bond acceptors (Lipinski definition) is 5. The normalized spacial score (nSPS) is 37.1. The van der Waals surface area contributed by atoms with Gasteiger partial charge in [0, 0.05) is 19.1 Å². The molecule has 1 amide bonds. The van der Waals surface area contributed by atoms with E-state index < -0.39 is 5.54 Å². The molecule has 5 aliphatic rings. The number of aliphatic imine (C=N–C) groups is 1. The minimum atomic E-state index is -0.880. The van der Waals surface area contributed by atoms with E-state index in [0.717, 1.165) is 57.1 Å². The van der Waals surface area contributed by atoms with Crippen LogP contribution >= 0.6 is 0 Å². The summed E-state index contributed by atoms with van der Waals surface area (Å²) >= 11 is 0. The Morgan fingerprint density at radius 2 is 2.03 bits per heavy atom. The van der Waals surface area contributed by atoms with E-state index >= 15 is 0 Å². The molecule has 0 unspecified atom stereocenters. The monoisotopic (exact) mass is 423 g/mol. The first-order chi connectivity index (χ1) is 15.1. The maximum atomic E-state index is 14.3. The summed E-state index contributed by atoms with van der Waals surface area (Å²) in [4.78, 5) is 21.1. The summed E-state index contributed by atoms with van der Waals surface area (Å²) in [7, 11) is 1.80. The zero-order valence-electron chi connectivity index (χ0n) is 18.4. The molecule has 1 saturated heterocycles. The van der Waals surface area contributed by atoms with E-state index in [4.69, 9.17) is 20.2 Å². The van der Waals surface area contributed by atoms with E-state index in [9.17, 15) is 4.79 Å². The number of nitrogens with two attached hydrogens (primary N) is 1. The first-order valence-corrected chi connectivity index (χ1v) is 12.0. The number of guanidine groups is 1. The maximum Gasteiger partial charge on any atom is 0.262 e. The lowest BCUT2D eigenvalue weighted by Gasteiger charge is -2.45. The largest absolute Gasteiger partial charge is 0.381 e. The maximum absolute atomic E-state index is 14.3. The molecule has 31 heavy (non-hydrogen) atoms. The standard InChI is InChI=1S/C25H33N3O3/c1-30-19-8-10-24(11-9-19)14-18-7-6-17(16-4-5-16)13-21(18)25(24)22(29)28(23(26)27-25)15-20-3-2-12-31-20/h6-7,13,16,19-20H,2-5,8-12,14-15H2,1H3,(H2,26,27)/t19?,20-,24?,25+/m1/s1. The van der Waals surface area contributed by atoms with Crippen molar-refractivity contribution in [3.05, 3.63) is 34.9 Å². The van der Waals surface area contributed by atoms with Crippen LogP contribution in [-0.2, 0) is 26.2 Å². The van der Waals surface area contributed by atoms with E-state index in [0.29, 0.717) is 18.4 Å². The Balaban J connectivity index is 1.43. The van der Waals surface area contributed by atoms with Gasteiger partial charge >= 0.3 is 0 Å². The molecule has 0 bridgehead atoms. The molecule has 6 rings (SSSR count). The van der Waals surface area contributed by atoms with Gasteiger partial charge < -0.3 is 15.2 Å². The van der Waals surface area contributed by atoms with Gasteiger partial charge in [0.25, 0.3) is 5.91 Å². The van der Waals surface area contributed by atoms with Crippen LogP contribution in [-0.4, -0.2) is 49.2 Å². The molecule has 2 spiro atoms. The summed E-state index contributed by atoms with van der Waals surface area (Å²) in [6, 6.07) is 6.85. The van der Waals surface area contributed by atoms with Gasteiger partial charge in [0.15, 0.2) is 11.5 Å². The number of ether oxygens (including phenoxy) is 2. The summed E-state index contributed by atoms with van der Waals surface area (Å²) in [5, 5.41) is 0. The molecule has 2 saturated carbocycles. The number of rotatable bonds is 4. The minimum absolute atomic E-state index is 0.0618. The van der Waals surface area contributed by atoms with E-state index in [2.05, 4.69) is 18.2 Å². The van der Waals surface area contributed by atoms with Crippen molar-refractivity contribution in [1.29, 1.82) is 0 Å². The third-order valence-electron chi connectivity index (χ3n) is 8.62.